The van der Waals surface area contributed by atoms with Crippen molar-refractivity contribution in [2.75, 3.05) is 12.3 Å². The van der Waals surface area contributed by atoms with Crippen molar-refractivity contribution in [1.29, 1.82) is 0 Å². The predicted molar refractivity (Wildman–Crippen MR) is 84.3 cm³/mol. The van der Waals surface area contributed by atoms with Gasteiger partial charge in [0.25, 0.3) is 0 Å². The van der Waals surface area contributed by atoms with Gasteiger partial charge in [-0.2, -0.15) is 0 Å². The van der Waals surface area contributed by atoms with E-state index in [4.69, 9.17) is 11.6 Å². The van der Waals surface area contributed by atoms with Gasteiger partial charge in [0.2, 0.25) is 0 Å². The molecule has 0 bridgehead atoms. The molecule has 0 spiro atoms. The fraction of sp³-hybridized carbons (Fsp3) is 0.600. The highest BCUT2D eigenvalue weighted by atomic mass is 35.5. The normalized spacial score (nSPS) is 16.0. The number of nitrogens with one attached hydrogen (secondary N) is 1. The Morgan fingerprint density at radius 3 is 2.58 bits per heavy atom. The van der Waals surface area contributed by atoms with Crippen molar-refractivity contribution in [1.82, 2.24) is 5.32 Å². The summed E-state index contributed by atoms with van der Waals surface area (Å²) in [6.45, 7) is 7.49. The van der Waals surface area contributed by atoms with Gasteiger partial charge in [-0.25, -0.2) is 0 Å². The Kier molecular flexibility index (Phi) is 7.66. The molecule has 0 saturated carbocycles. The van der Waals surface area contributed by atoms with E-state index in [1.54, 1.807) is 6.07 Å². The molecular formula is C15H24ClNOS. The molecule has 0 fully saturated rings. The Balaban J connectivity index is 2.73. The molecule has 2 nitrogen and oxygen atoms in total. The number of rotatable bonds is 8. The number of halogens is 1. The molecule has 1 N–H and O–H groups in total. The van der Waals surface area contributed by atoms with Crippen LogP contribution in [0.25, 0.3) is 0 Å². The second-order valence-corrected chi connectivity index (χ2v) is 6.76. The van der Waals surface area contributed by atoms with Gasteiger partial charge >= 0.3 is 0 Å². The van der Waals surface area contributed by atoms with Crippen LogP contribution in [0, 0.1) is 5.92 Å². The standard InChI is InChI=1S/C15H24ClNOS/c1-4-10-17-14(12(3)5-2)11-19(18)15-9-7-6-8-13(15)16/h6-9,12,14,17H,4-5,10-11H2,1-3H3. The zero-order chi connectivity index (χ0) is 14.3. The first-order valence-corrected chi connectivity index (χ1v) is 8.66. The molecule has 0 radical (unpaired) electrons. The Bertz CT molecular complexity index is 411. The monoisotopic (exact) mass is 301 g/mol. The molecule has 19 heavy (non-hydrogen) atoms. The first-order valence-electron chi connectivity index (χ1n) is 6.96. The van der Waals surface area contributed by atoms with Crippen molar-refractivity contribution in [3.8, 4) is 0 Å². The lowest BCUT2D eigenvalue weighted by molar-refractivity contribution is 0.394. The van der Waals surface area contributed by atoms with Gasteiger partial charge in [-0.3, -0.25) is 4.21 Å². The molecule has 3 unspecified atom stereocenters. The van der Waals surface area contributed by atoms with Gasteiger partial charge in [-0.05, 0) is 31.0 Å². The molecule has 1 rings (SSSR count). The maximum absolute atomic E-state index is 12.4. The minimum absolute atomic E-state index is 0.280. The average Bonchev–Trinajstić information content (AvgIpc) is 2.42. The molecule has 0 aliphatic heterocycles. The van der Waals surface area contributed by atoms with Gasteiger partial charge in [-0.15, -0.1) is 0 Å². The van der Waals surface area contributed by atoms with Crippen LogP contribution in [0.1, 0.15) is 33.6 Å². The lowest BCUT2D eigenvalue weighted by atomic mass is 10.0. The van der Waals surface area contributed by atoms with E-state index in [-0.39, 0.29) is 6.04 Å². The molecule has 0 heterocycles. The molecule has 0 aliphatic rings. The van der Waals surface area contributed by atoms with Crippen LogP contribution in [0.15, 0.2) is 29.2 Å². The molecule has 0 aliphatic carbocycles. The molecule has 3 atom stereocenters. The maximum Gasteiger partial charge on any atom is 0.0574 e. The lowest BCUT2D eigenvalue weighted by Gasteiger charge is -2.24. The molecule has 1 aromatic rings. The molecule has 0 amide bonds. The van der Waals surface area contributed by atoms with E-state index in [1.807, 2.05) is 18.2 Å². The summed E-state index contributed by atoms with van der Waals surface area (Å²) in [7, 11) is -1.05. The zero-order valence-corrected chi connectivity index (χ0v) is 13.6. The second kappa shape index (κ2) is 8.72. The summed E-state index contributed by atoms with van der Waals surface area (Å²) in [6, 6.07) is 7.68. The minimum atomic E-state index is -1.05. The van der Waals surface area contributed by atoms with Gasteiger partial charge in [0.15, 0.2) is 0 Å². The predicted octanol–water partition coefficient (Wildman–Crippen LogP) is 3.86. The molecule has 4 heteroatoms. The molecule has 1 aromatic carbocycles. The summed E-state index contributed by atoms with van der Waals surface area (Å²) in [5, 5.41) is 4.10. The lowest BCUT2D eigenvalue weighted by Crippen LogP contribution is -2.39. The largest absolute Gasteiger partial charge is 0.313 e. The molecular weight excluding hydrogens is 278 g/mol. The van der Waals surface area contributed by atoms with E-state index in [1.165, 1.54) is 0 Å². The van der Waals surface area contributed by atoms with Crippen molar-refractivity contribution in [2.45, 2.75) is 44.6 Å². The van der Waals surface area contributed by atoms with Crippen LogP contribution in [0.3, 0.4) is 0 Å². The van der Waals surface area contributed by atoms with E-state index in [0.717, 1.165) is 24.3 Å². The van der Waals surface area contributed by atoms with E-state index in [0.29, 0.717) is 16.7 Å². The van der Waals surface area contributed by atoms with Crippen LogP contribution < -0.4 is 5.32 Å². The summed E-state index contributed by atoms with van der Waals surface area (Å²) >= 11 is 6.11. The third kappa shape index (κ3) is 5.25. The summed E-state index contributed by atoms with van der Waals surface area (Å²) in [6.07, 6.45) is 2.17. The van der Waals surface area contributed by atoms with Crippen molar-refractivity contribution >= 4 is 22.4 Å². The van der Waals surface area contributed by atoms with Gasteiger partial charge in [0.1, 0.15) is 0 Å². The van der Waals surface area contributed by atoms with Crippen LogP contribution in [-0.2, 0) is 10.8 Å². The maximum atomic E-state index is 12.4. The van der Waals surface area contributed by atoms with E-state index >= 15 is 0 Å². The summed E-state index contributed by atoms with van der Waals surface area (Å²) in [5.74, 6) is 1.14. The van der Waals surface area contributed by atoms with E-state index in [9.17, 15) is 4.21 Å². The van der Waals surface area contributed by atoms with Crippen molar-refractivity contribution < 1.29 is 4.21 Å². The van der Waals surface area contributed by atoms with Crippen molar-refractivity contribution in [2.24, 2.45) is 5.92 Å². The zero-order valence-electron chi connectivity index (χ0n) is 12.0. The fourth-order valence-corrected chi connectivity index (χ4v) is 3.78. The van der Waals surface area contributed by atoms with Gasteiger partial charge in [0.05, 0.1) is 20.7 Å². The summed E-state index contributed by atoms with van der Waals surface area (Å²) in [4.78, 5) is 0.746. The minimum Gasteiger partial charge on any atom is -0.313 e. The summed E-state index contributed by atoms with van der Waals surface area (Å²) in [5.41, 5.74) is 0. The fourth-order valence-electron chi connectivity index (χ4n) is 1.92. The van der Waals surface area contributed by atoms with Crippen LogP contribution >= 0.6 is 11.6 Å². The number of hydrogen-bond acceptors (Lipinski definition) is 2. The van der Waals surface area contributed by atoms with Crippen molar-refractivity contribution in [3.05, 3.63) is 29.3 Å². The first kappa shape index (κ1) is 16.7. The smallest absolute Gasteiger partial charge is 0.0574 e. The second-order valence-electron chi connectivity index (χ2n) is 4.89. The van der Waals surface area contributed by atoms with E-state index < -0.39 is 10.8 Å². The molecule has 0 aromatic heterocycles. The van der Waals surface area contributed by atoms with Crippen molar-refractivity contribution in [3.63, 3.8) is 0 Å². The SMILES string of the molecule is CCCNC(CS(=O)c1ccccc1Cl)C(C)CC. The van der Waals surface area contributed by atoms with E-state index in [2.05, 4.69) is 26.1 Å². The summed E-state index contributed by atoms with van der Waals surface area (Å²) < 4.78 is 12.4. The van der Waals surface area contributed by atoms with Gasteiger partial charge in [-0.1, -0.05) is 50.9 Å². The van der Waals surface area contributed by atoms with Crippen LogP contribution in [0.4, 0.5) is 0 Å². The third-order valence-corrected chi connectivity index (χ3v) is 5.35. The quantitative estimate of drug-likeness (QED) is 0.790. The Morgan fingerprint density at radius 1 is 1.32 bits per heavy atom. The number of hydrogen-bond donors (Lipinski definition) is 1. The Hall–Kier alpha value is -0.380. The van der Waals surface area contributed by atoms with Crippen LogP contribution in [0.2, 0.25) is 5.02 Å². The van der Waals surface area contributed by atoms with Crippen LogP contribution in [-0.4, -0.2) is 22.5 Å². The van der Waals surface area contributed by atoms with Gasteiger partial charge < -0.3 is 5.32 Å². The topological polar surface area (TPSA) is 29.1 Å². The highest BCUT2D eigenvalue weighted by molar-refractivity contribution is 7.85. The number of benzene rings is 1. The molecule has 108 valence electrons. The highest BCUT2D eigenvalue weighted by Gasteiger charge is 2.19. The third-order valence-electron chi connectivity index (χ3n) is 3.40. The highest BCUT2D eigenvalue weighted by Crippen LogP contribution is 2.21. The molecule has 0 saturated heterocycles. The van der Waals surface area contributed by atoms with Crippen LogP contribution in [0.5, 0.6) is 0 Å². The first-order chi connectivity index (χ1) is 9.10. The average molecular weight is 302 g/mol. The van der Waals surface area contributed by atoms with Gasteiger partial charge in [0, 0.05) is 11.8 Å². The Morgan fingerprint density at radius 2 is 2.00 bits per heavy atom. The Labute approximate surface area is 124 Å².